The number of carbonyl (C=O) groups is 1. The molecule has 0 radical (unpaired) electrons. The smallest absolute Gasteiger partial charge is 0.404 e. The van der Waals surface area contributed by atoms with Gasteiger partial charge >= 0.3 is 6.36 Å². The summed E-state index contributed by atoms with van der Waals surface area (Å²) >= 11 is 6.10. The second-order valence-corrected chi connectivity index (χ2v) is 8.91. The maximum Gasteiger partial charge on any atom is 0.573 e. The third kappa shape index (κ3) is 5.77. The van der Waals surface area contributed by atoms with Crippen LogP contribution >= 0.6 is 11.6 Å². The first-order valence-corrected chi connectivity index (χ1v) is 11.4. The minimum Gasteiger partial charge on any atom is -0.404 e. The fourth-order valence-corrected chi connectivity index (χ4v) is 4.73. The van der Waals surface area contributed by atoms with E-state index >= 15 is 0 Å². The molecule has 1 amide bonds. The van der Waals surface area contributed by atoms with Gasteiger partial charge in [0.2, 0.25) is 0 Å². The van der Waals surface area contributed by atoms with Gasteiger partial charge in [0.25, 0.3) is 15.9 Å². The van der Waals surface area contributed by atoms with E-state index in [9.17, 15) is 26.4 Å². The van der Waals surface area contributed by atoms with Gasteiger partial charge in [0.15, 0.2) is 5.75 Å². The summed E-state index contributed by atoms with van der Waals surface area (Å²) in [5.74, 6) is -1.53. The average Bonchev–Trinajstić information content (AvgIpc) is 2.75. The first-order valence-electron chi connectivity index (χ1n) is 9.56. The van der Waals surface area contributed by atoms with Gasteiger partial charge < -0.3 is 10.1 Å². The maximum absolute atomic E-state index is 13.2. The number of hydrogen-bond donors (Lipinski definition) is 1. The van der Waals surface area contributed by atoms with E-state index < -0.39 is 28.0 Å². The number of ether oxygens (including phenoxy) is 1. The van der Waals surface area contributed by atoms with Crippen LogP contribution in [0, 0.1) is 0 Å². The number of alkyl halides is 3. The van der Waals surface area contributed by atoms with E-state index in [4.69, 9.17) is 11.6 Å². The normalized spacial score (nSPS) is 11.7. The molecular formula is C22H18ClF3N2O4S. The van der Waals surface area contributed by atoms with Crippen molar-refractivity contribution in [3.05, 3.63) is 83.4 Å². The molecule has 3 rings (SSSR count). The molecule has 33 heavy (non-hydrogen) atoms. The number of anilines is 2. The van der Waals surface area contributed by atoms with Crippen LogP contribution in [0.15, 0.2) is 77.7 Å². The highest BCUT2D eigenvalue weighted by molar-refractivity contribution is 7.92. The standard InChI is InChI=1S/C22H18ClF3N2O4S/c1-2-28(15-8-4-3-5-9-15)33(30,31)16-12-13-18(23)17(14-16)21(29)27-19-10-6-7-11-20(19)32-22(24,25)26/h3-14H,2H2,1H3,(H,27,29). The van der Waals surface area contributed by atoms with Crippen LogP contribution in [0.1, 0.15) is 17.3 Å². The molecular weight excluding hydrogens is 481 g/mol. The van der Waals surface area contributed by atoms with Crippen molar-refractivity contribution in [1.82, 2.24) is 0 Å². The van der Waals surface area contributed by atoms with Crippen LogP contribution in [0.3, 0.4) is 0 Å². The average molecular weight is 499 g/mol. The summed E-state index contributed by atoms with van der Waals surface area (Å²) in [6.07, 6.45) is -4.96. The Balaban J connectivity index is 1.95. The van der Waals surface area contributed by atoms with Crippen LogP contribution in [0.2, 0.25) is 5.02 Å². The maximum atomic E-state index is 13.2. The van der Waals surface area contributed by atoms with Crippen molar-refractivity contribution in [3.8, 4) is 5.75 Å². The van der Waals surface area contributed by atoms with Crippen molar-refractivity contribution in [2.45, 2.75) is 18.2 Å². The molecule has 0 heterocycles. The highest BCUT2D eigenvalue weighted by atomic mass is 35.5. The number of carbonyl (C=O) groups excluding carboxylic acids is 1. The number of halogens is 4. The van der Waals surface area contributed by atoms with Crippen LogP contribution in [0.4, 0.5) is 24.5 Å². The Morgan fingerprint density at radius 2 is 1.67 bits per heavy atom. The molecule has 0 spiro atoms. The lowest BCUT2D eigenvalue weighted by molar-refractivity contribution is -0.274. The van der Waals surface area contributed by atoms with Crippen molar-refractivity contribution >= 4 is 38.9 Å². The molecule has 0 atom stereocenters. The van der Waals surface area contributed by atoms with Crippen LogP contribution in [0.25, 0.3) is 0 Å². The van der Waals surface area contributed by atoms with Crippen LogP contribution in [-0.4, -0.2) is 27.2 Å². The Morgan fingerprint density at radius 1 is 1.03 bits per heavy atom. The number of rotatable bonds is 7. The highest BCUT2D eigenvalue weighted by Gasteiger charge is 2.32. The van der Waals surface area contributed by atoms with Gasteiger partial charge in [-0.2, -0.15) is 0 Å². The molecule has 0 saturated heterocycles. The lowest BCUT2D eigenvalue weighted by atomic mass is 10.2. The molecule has 0 unspecified atom stereocenters. The zero-order chi connectivity index (χ0) is 24.2. The molecule has 6 nitrogen and oxygen atoms in total. The molecule has 3 aromatic carbocycles. The zero-order valence-electron chi connectivity index (χ0n) is 17.1. The van der Waals surface area contributed by atoms with Crippen molar-refractivity contribution < 1.29 is 31.1 Å². The van der Waals surface area contributed by atoms with E-state index in [1.54, 1.807) is 37.3 Å². The summed E-state index contributed by atoms with van der Waals surface area (Å²) in [6, 6.07) is 16.9. The SMILES string of the molecule is CCN(c1ccccc1)S(=O)(=O)c1ccc(Cl)c(C(=O)Nc2ccccc2OC(F)(F)F)c1. The van der Waals surface area contributed by atoms with E-state index in [1.807, 2.05) is 0 Å². The molecule has 0 bridgehead atoms. The molecule has 0 saturated carbocycles. The third-order valence-electron chi connectivity index (χ3n) is 4.46. The Labute approximate surface area is 193 Å². The number of amides is 1. The van der Waals surface area contributed by atoms with Gasteiger partial charge in [-0.15, -0.1) is 13.2 Å². The Kier molecular flexibility index (Phi) is 7.19. The highest BCUT2D eigenvalue weighted by Crippen LogP contribution is 2.31. The summed E-state index contributed by atoms with van der Waals surface area (Å²) in [7, 11) is -4.06. The van der Waals surface area contributed by atoms with E-state index in [2.05, 4.69) is 10.1 Å². The van der Waals surface area contributed by atoms with Crippen molar-refractivity contribution in [3.63, 3.8) is 0 Å². The van der Waals surface area contributed by atoms with E-state index in [-0.39, 0.29) is 27.7 Å². The number of nitrogens with zero attached hydrogens (tertiary/aromatic N) is 1. The molecule has 1 N–H and O–H groups in total. The predicted octanol–water partition coefficient (Wildman–Crippen LogP) is 5.71. The molecule has 0 aromatic heterocycles. The van der Waals surface area contributed by atoms with Gasteiger partial charge in [-0.25, -0.2) is 8.42 Å². The summed E-state index contributed by atoms with van der Waals surface area (Å²) < 4.78 is 69.5. The predicted molar refractivity (Wildman–Crippen MR) is 119 cm³/mol. The number of hydrogen-bond acceptors (Lipinski definition) is 4. The van der Waals surface area contributed by atoms with Gasteiger partial charge in [0.05, 0.1) is 26.9 Å². The molecule has 0 aliphatic rings. The Bertz CT molecular complexity index is 1250. The summed E-state index contributed by atoms with van der Waals surface area (Å²) in [4.78, 5) is 12.6. The van der Waals surface area contributed by atoms with Gasteiger partial charge in [0, 0.05) is 6.54 Å². The topological polar surface area (TPSA) is 75.7 Å². The van der Waals surface area contributed by atoms with E-state index in [1.165, 1.54) is 30.3 Å². The second kappa shape index (κ2) is 9.72. The fraction of sp³-hybridized carbons (Fsp3) is 0.136. The fourth-order valence-electron chi connectivity index (χ4n) is 3.02. The molecule has 3 aromatic rings. The zero-order valence-corrected chi connectivity index (χ0v) is 18.7. The van der Waals surface area contributed by atoms with Gasteiger partial charge in [0.1, 0.15) is 0 Å². The quantitative estimate of drug-likeness (QED) is 0.453. The molecule has 174 valence electrons. The monoisotopic (exact) mass is 498 g/mol. The Morgan fingerprint density at radius 3 is 2.30 bits per heavy atom. The summed E-state index contributed by atoms with van der Waals surface area (Å²) in [5.41, 5.74) is -0.0635. The van der Waals surface area contributed by atoms with E-state index in [0.717, 1.165) is 16.4 Å². The number of sulfonamides is 1. The summed E-state index contributed by atoms with van der Waals surface area (Å²) in [6.45, 7) is 1.78. The number of nitrogens with one attached hydrogen (secondary N) is 1. The van der Waals surface area contributed by atoms with Crippen LogP contribution in [0.5, 0.6) is 5.75 Å². The molecule has 0 aliphatic carbocycles. The lowest BCUT2D eigenvalue weighted by Crippen LogP contribution is -2.31. The van der Waals surface area contributed by atoms with Crippen molar-refractivity contribution in [1.29, 1.82) is 0 Å². The van der Waals surface area contributed by atoms with Crippen molar-refractivity contribution in [2.24, 2.45) is 0 Å². The largest absolute Gasteiger partial charge is 0.573 e. The summed E-state index contributed by atoms with van der Waals surface area (Å²) in [5, 5.41) is 2.21. The number of para-hydroxylation sites is 3. The third-order valence-corrected chi connectivity index (χ3v) is 6.69. The van der Waals surface area contributed by atoms with E-state index in [0.29, 0.717) is 5.69 Å². The van der Waals surface area contributed by atoms with Gasteiger partial charge in [-0.05, 0) is 49.4 Å². The molecule has 0 aliphatic heterocycles. The minimum atomic E-state index is -4.96. The molecule has 11 heteroatoms. The lowest BCUT2D eigenvalue weighted by Gasteiger charge is -2.23. The van der Waals surface area contributed by atoms with Gasteiger partial charge in [-0.3, -0.25) is 9.10 Å². The first kappa shape index (κ1) is 24.4. The van der Waals surface area contributed by atoms with Crippen molar-refractivity contribution in [2.75, 3.05) is 16.2 Å². The minimum absolute atomic E-state index is 0.0802. The number of benzene rings is 3. The van der Waals surface area contributed by atoms with Gasteiger partial charge in [-0.1, -0.05) is 41.9 Å². The molecule has 0 fully saturated rings. The van der Waals surface area contributed by atoms with Crippen LogP contribution in [-0.2, 0) is 10.0 Å². The van der Waals surface area contributed by atoms with Crippen LogP contribution < -0.4 is 14.4 Å². The first-order chi connectivity index (χ1) is 15.5. The Hall–Kier alpha value is -3.24. The second-order valence-electron chi connectivity index (χ2n) is 6.65.